The van der Waals surface area contributed by atoms with Gasteiger partial charge in [0, 0.05) is 55.8 Å². The normalized spacial score (nSPS) is 14.2. The van der Waals surface area contributed by atoms with Crippen LogP contribution in [0.2, 0.25) is 0 Å². The van der Waals surface area contributed by atoms with Crippen LogP contribution in [0.1, 0.15) is 44.1 Å². The number of H-pyrrole nitrogens is 1. The SMILES string of the molecule is Cc1ccc(C(=O)Nc2ccc(CN3CCNCC3)c(C(F)(F)F)c2)cc1C#Cc1cnc(/C=C\C=N)[nH]1. The van der Waals surface area contributed by atoms with Crippen molar-refractivity contribution in [2.24, 2.45) is 0 Å². The van der Waals surface area contributed by atoms with Crippen LogP contribution in [0, 0.1) is 24.2 Å². The first-order valence-corrected chi connectivity index (χ1v) is 12.0. The molecule has 0 atom stereocenters. The van der Waals surface area contributed by atoms with Crippen LogP contribution < -0.4 is 10.6 Å². The summed E-state index contributed by atoms with van der Waals surface area (Å²) >= 11 is 0. The monoisotopic (exact) mass is 520 g/mol. The van der Waals surface area contributed by atoms with Crippen LogP contribution in [0.4, 0.5) is 18.9 Å². The Morgan fingerprint density at radius 1 is 1.18 bits per heavy atom. The highest BCUT2D eigenvalue weighted by Gasteiger charge is 2.34. The number of hydrogen-bond acceptors (Lipinski definition) is 5. The Bertz CT molecular complexity index is 1410. The molecule has 4 N–H and O–H groups in total. The van der Waals surface area contributed by atoms with Gasteiger partial charge in [-0.1, -0.05) is 18.1 Å². The van der Waals surface area contributed by atoms with Crippen LogP contribution in [-0.4, -0.2) is 53.2 Å². The lowest BCUT2D eigenvalue weighted by Crippen LogP contribution is -2.43. The lowest BCUT2D eigenvalue weighted by molar-refractivity contribution is -0.138. The highest BCUT2D eigenvalue weighted by Crippen LogP contribution is 2.34. The molecule has 2 aromatic carbocycles. The number of nitrogens with one attached hydrogen (secondary N) is 4. The summed E-state index contributed by atoms with van der Waals surface area (Å²) in [6.45, 7) is 4.88. The number of aromatic nitrogens is 2. The summed E-state index contributed by atoms with van der Waals surface area (Å²) in [5.41, 5.74) is 1.78. The lowest BCUT2D eigenvalue weighted by Gasteiger charge is -2.28. The van der Waals surface area contributed by atoms with Crippen molar-refractivity contribution in [3.05, 3.63) is 88.0 Å². The number of alkyl halides is 3. The van der Waals surface area contributed by atoms with E-state index < -0.39 is 17.6 Å². The number of hydrogen-bond donors (Lipinski definition) is 4. The molecule has 10 heteroatoms. The number of piperazine rings is 1. The van der Waals surface area contributed by atoms with E-state index in [2.05, 4.69) is 32.4 Å². The highest BCUT2D eigenvalue weighted by atomic mass is 19.4. The summed E-state index contributed by atoms with van der Waals surface area (Å²) in [5.74, 6) is 5.98. The zero-order chi connectivity index (χ0) is 27.1. The maximum absolute atomic E-state index is 13.8. The Morgan fingerprint density at radius 3 is 2.71 bits per heavy atom. The van der Waals surface area contributed by atoms with Gasteiger partial charge in [0.05, 0.1) is 11.8 Å². The van der Waals surface area contributed by atoms with E-state index in [1.807, 2.05) is 11.8 Å². The largest absolute Gasteiger partial charge is 0.416 e. The van der Waals surface area contributed by atoms with Gasteiger partial charge in [0.2, 0.25) is 0 Å². The Morgan fingerprint density at radius 2 is 1.97 bits per heavy atom. The van der Waals surface area contributed by atoms with Crippen molar-refractivity contribution in [1.82, 2.24) is 20.2 Å². The molecule has 0 bridgehead atoms. The smallest absolute Gasteiger partial charge is 0.332 e. The molecule has 0 saturated carbocycles. The molecule has 2 heterocycles. The fourth-order valence-electron chi connectivity index (χ4n) is 4.03. The van der Waals surface area contributed by atoms with E-state index in [4.69, 9.17) is 5.41 Å². The Hall–Kier alpha value is -4.20. The van der Waals surface area contributed by atoms with E-state index in [-0.39, 0.29) is 23.4 Å². The minimum atomic E-state index is -4.54. The third-order valence-corrected chi connectivity index (χ3v) is 6.05. The minimum absolute atomic E-state index is 0.0718. The fraction of sp³-hybridized carbons (Fsp3) is 0.250. The predicted molar refractivity (Wildman–Crippen MR) is 141 cm³/mol. The number of carbonyl (C=O) groups excluding carboxylic acids is 1. The summed E-state index contributed by atoms with van der Waals surface area (Å²) in [4.78, 5) is 22.0. The topological polar surface area (TPSA) is 96.9 Å². The van der Waals surface area contributed by atoms with Crippen LogP contribution >= 0.6 is 0 Å². The van der Waals surface area contributed by atoms with Gasteiger partial charge in [-0.15, -0.1) is 0 Å². The third-order valence-electron chi connectivity index (χ3n) is 6.05. The van der Waals surface area contributed by atoms with E-state index >= 15 is 0 Å². The lowest BCUT2D eigenvalue weighted by atomic mass is 10.0. The maximum Gasteiger partial charge on any atom is 0.416 e. The second-order valence-corrected chi connectivity index (χ2v) is 8.84. The van der Waals surface area contributed by atoms with Gasteiger partial charge in [-0.3, -0.25) is 9.69 Å². The molecule has 3 aromatic rings. The number of rotatable bonds is 6. The Kier molecular flexibility index (Phi) is 8.41. The van der Waals surface area contributed by atoms with Gasteiger partial charge in [-0.25, -0.2) is 4.98 Å². The molecule has 38 heavy (non-hydrogen) atoms. The second-order valence-electron chi connectivity index (χ2n) is 8.84. The van der Waals surface area contributed by atoms with Crippen molar-refractivity contribution in [3.63, 3.8) is 0 Å². The van der Waals surface area contributed by atoms with Gasteiger partial charge in [0.25, 0.3) is 5.91 Å². The minimum Gasteiger partial charge on any atom is -0.332 e. The Balaban J connectivity index is 1.51. The van der Waals surface area contributed by atoms with E-state index in [1.165, 1.54) is 18.2 Å². The summed E-state index contributed by atoms with van der Waals surface area (Å²) < 4.78 is 41.5. The maximum atomic E-state index is 13.8. The first kappa shape index (κ1) is 26.9. The van der Waals surface area contributed by atoms with E-state index in [1.54, 1.807) is 30.5 Å². The van der Waals surface area contributed by atoms with Crippen LogP contribution in [0.5, 0.6) is 0 Å². The van der Waals surface area contributed by atoms with Crippen LogP contribution in [0.3, 0.4) is 0 Å². The number of benzene rings is 2. The number of carbonyl (C=O) groups is 1. The van der Waals surface area contributed by atoms with Gasteiger partial charge in [-0.2, -0.15) is 13.2 Å². The molecule has 4 rings (SSSR count). The molecule has 1 amide bonds. The highest BCUT2D eigenvalue weighted by molar-refractivity contribution is 6.04. The molecule has 7 nitrogen and oxygen atoms in total. The molecule has 1 aliphatic rings. The van der Waals surface area contributed by atoms with Gasteiger partial charge in [-0.05, 0) is 60.4 Å². The van der Waals surface area contributed by atoms with E-state index in [0.29, 0.717) is 30.2 Å². The van der Waals surface area contributed by atoms with E-state index in [0.717, 1.165) is 30.9 Å². The molecule has 0 spiro atoms. The fourth-order valence-corrected chi connectivity index (χ4v) is 4.03. The zero-order valence-corrected chi connectivity index (χ0v) is 20.7. The number of allylic oxidation sites excluding steroid dienone is 1. The van der Waals surface area contributed by atoms with Crippen LogP contribution in [-0.2, 0) is 12.7 Å². The van der Waals surface area contributed by atoms with Gasteiger partial charge in [0.1, 0.15) is 11.5 Å². The van der Waals surface area contributed by atoms with E-state index in [9.17, 15) is 18.0 Å². The number of aryl methyl sites for hydroxylation is 1. The molecule has 1 fully saturated rings. The molecule has 0 aliphatic carbocycles. The number of nitrogens with zero attached hydrogens (tertiary/aromatic N) is 2. The molecule has 1 aliphatic heterocycles. The van der Waals surface area contributed by atoms with Crippen molar-refractivity contribution in [2.75, 3.05) is 31.5 Å². The third kappa shape index (κ3) is 6.97. The quantitative estimate of drug-likeness (QED) is 0.285. The summed E-state index contributed by atoms with van der Waals surface area (Å²) in [7, 11) is 0. The predicted octanol–water partition coefficient (Wildman–Crippen LogP) is 4.46. The summed E-state index contributed by atoms with van der Waals surface area (Å²) in [5, 5.41) is 12.8. The average molecular weight is 521 g/mol. The molecule has 0 radical (unpaired) electrons. The zero-order valence-electron chi connectivity index (χ0n) is 20.7. The number of amides is 1. The molecule has 1 saturated heterocycles. The van der Waals surface area contributed by atoms with Crippen molar-refractivity contribution >= 4 is 23.9 Å². The standard InChI is InChI=1S/C28H27F3N6O/c1-19-4-5-21(15-20(19)6-9-24-17-34-26(35-24)3-2-10-32)27(38)36-23-8-7-22(25(16-23)28(29,30)31)18-37-13-11-33-12-14-37/h2-5,7-8,10,15-17,32-33H,11-14,18H2,1H3,(H,34,35)(H,36,38)/b3-2-,32-10?. The number of anilines is 1. The van der Waals surface area contributed by atoms with Crippen molar-refractivity contribution in [1.29, 1.82) is 5.41 Å². The van der Waals surface area contributed by atoms with Gasteiger partial charge in [0.15, 0.2) is 0 Å². The van der Waals surface area contributed by atoms with Crippen molar-refractivity contribution in [3.8, 4) is 11.8 Å². The van der Waals surface area contributed by atoms with Crippen molar-refractivity contribution < 1.29 is 18.0 Å². The molecular formula is C28H27F3N6O. The van der Waals surface area contributed by atoms with Crippen LogP contribution in [0.25, 0.3) is 6.08 Å². The summed E-state index contributed by atoms with van der Waals surface area (Å²) in [6, 6.07) is 8.88. The molecule has 1 aromatic heterocycles. The number of halogens is 3. The number of imidazole rings is 1. The van der Waals surface area contributed by atoms with Crippen LogP contribution in [0.15, 0.2) is 48.7 Å². The first-order chi connectivity index (χ1) is 18.2. The van der Waals surface area contributed by atoms with Gasteiger partial charge >= 0.3 is 6.18 Å². The number of aromatic amines is 1. The second kappa shape index (κ2) is 11.9. The first-order valence-electron chi connectivity index (χ1n) is 12.0. The summed E-state index contributed by atoms with van der Waals surface area (Å²) in [6.07, 6.45) is 1.32. The van der Waals surface area contributed by atoms with Crippen molar-refractivity contribution in [2.45, 2.75) is 19.6 Å². The molecule has 196 valence electrons. The van der Waals surface area contributed by atoms with Gasteiger partial charge < -0.3 is 21.0 Å². The average Bonchev–Trinajstić information content (AvgIpc) is 3.35. The molecular weight excluding hydrogens is 493 g/mol. The Labute approximate surface area is 218 Å². The molecule has 0 unspecified atom stereocenters.